The van der Waals surface area contributed by atoms with E-state index >= 15 is 0 Å². The van der Waals surface area contributed by atoms with E-state index in [4.69, 9.17) is 5.11 Å². The Morgan fingerprint density at radius 2 is 1.92 bits per heavy atom. The fourth-order valence-corrected chi connectivity index (χ4v) is 0.834. The lowest BCUT2D eigenvalue weighted by molar-refractivity contribution is -0.144. The number of rotatable bonds is 4. The molecule has 0 aliphatic rings. The number of nitrogens with one attached hydrogen (secondary N) is 1. The van der Waals surface area contributed by atoms with Crippen molar-refractivity contribution in [2.75, 3.05) is 6.54 Å². The van der Waals surface area contributed by atoms with Gasteiger partial charge in [-0.1, -0.05) is 13.8 Å². The normalized spacial score (nSPS) is 14.6. The van der Waals surface area contributed by atoms with Gasteiger partial charge in [0.1, 0.15) is 6.04 Å². The van der Waals surface area contributed by atoms with E-state index in [1.165, 1.54) is 0 Å². The van der Waals surface area contributed by atoms with Crippen LogP contribution in [0.3, 0.4) is 0 Å². The maximum absolute atomic E-state index is 11.7. The Kier molecular flexibility index (Phi) is 4.19. The third kappa shape index (κ3) is 5.46. The maximum Gasteiger partial charge on any atom is 0.401 e. The van der Waals surface area contributed by atoms with Crippen LogP contribution in [-0.2, 0) is 4.79 Å². The highest BCUT2D eigenvalue weighted by Gasteiger charge is 2.30. The summed E-state index contributed by atoms with van der Waals surface area (Å²) in [6.45, 7) is 1.81. The first-order valence-corrected chi connectivity index (χ1v) is 3.77. The summed E-state index contributed by atoms with van der Waals surface area (Å²) in [7, 11) is 0. The highest BCUT2D eigenvalue weighted by atomic mass is 19.4. The number of hydrogen-bond acceptors (Lipinski definition) is 2. The highest BCUT2D eigenvalue weighted by Crippen LogP contribution is 2.13. The van der Waals surface area contributed by atoms with Gasteiger partial charge in [-0.15, -0.1) is 0 Å². The van der Waals surface area contributed by atoms with E-state index < -0.39 is 24.7 Å². The van der Waals surface area contributed by atoms with Crippen LogP contribution in [0.15, 0.2) is 0 Å². The fraction of sp³-hybridized carbons (Fsp3) is 0.857. The molecule has 0 fully saturated rings. The van der Waals surface area contributed by atoms with E-state index in [1.807, 2.05) is 5.32 Å². The Morgan fingerprint density at radius 1 is 1.46 bits per heavy atom. The minimum Gasteiger partial charge on any atom is -0.480 e. The second kappa shape index (κ2) is 4.45. The molecule has 0 radical (unpaired) electrons. The molecular weight excluding hydrogens is 187 g/mol. The van der Waals surface area contributed by atoms with E-state index in [0.717, 1.165) is 0 Å². The summed E-state index contributed by atoms with van der Waals surface area (Å²) in [5.41, 5.74) is 0. The zero-order chi connectivity index (χ0) is 10.6. The van der Waals surface area contributed by atoms with Crippen LogP contribution < -0.4 is 5.32 Å². The number of carboxylic acid groups (broad SMARTS) is 1. The van der Waals surface area contributed by atoms with Crippen molar-refractivity contribution in [3.63, 3.8) is 0 Å². The molecule has 0 amide bonds. The predicted molar refractivity (Wildman–Crippen MR) is 40.3 cm³/mol. The number of aliphatic carboxylic acids is 1. The van der Waals surface area contributed by atoms with Crippen LogP contribution in [0.5, 0.6) is 0 Å². The van der Waals surface area contributed by atoms with Gasteiger partial charge in [0.15, 0.2) is 0 Å². The van der Waals surface area contributed by atoms with Gasteiger partial charge < -0.3 is 5.11 Å². The topological polar surface area (TPSA) is 49.3 Å². The van der Waals surface area contributed by atoms with Crippen molar-refractivity contribution in [3.05, 3.63) is 0 Å². The van der Waals surface area contributed by atoms with Gasteiger partial charge in [0, 0.05) is 0 Å². The summed E-state index contributed by atoms with van der Waals surface area (Å²) < 4.78 is 35.1. The first-order chi connectivity index (χ1) is 5.74. The maximum atomic E-state index is 11.7. The molecule has 0 rings (SSSR count). The van der Waals surface area contributed by atoms with Gasteiger partial charge in [-0.2, -0.15) is 13.2 Å². The molecule has 0 heterocycles. The molecule has 0 saturated carbocycles. The standard InChI is InChI=1S/C7H12F3NO2/c1-4(2)5(6(12)13)11-3-7(8,9)10/h4-5,11H,3H2,1-2H3,(H,12,13)/t5-/m0/s1. The van der Waals surface area contributed by atoms with Crippen molar-refractivity contribution < 1.29 is 23.1 Å². The minimum absolute atomic E-state index is 0.375. The minimum atomic E-state index is -4.37. The first kappa shape index (κ1) is 12.2. The molecule has 0 unspecified atom stereocenters. The first-order valence-electron chi connectivity index (χ1n) is 3.77. The predicted octanol–water partition coefficient (Wildman–Crippen LogP) is 1.25. The van der Waals surface area contributed by atoms with Crippen LogP contribution in [0.4, 0.5) is 13.2 Å². The van der Waals surface area contributed by atoms with Gasteiger partial charge in [-0.25, -0.2) is 0 Å². The van der Waals surface area contributed by atoms with Gasteiger partial charge in [-0.05, 0) is 5.92 Å². The summed E-state index contributed by atoms with van der Waals surface area (Å²) in [6, 6.07) is -1.15. The zero-order valence-electron chi connectivity index (χ0n) is 7.35. The van der Waals surface area contributed by atoms with E-state index in [0.29, 0.717) is 0 Å². The van der Waals surface area contributed by atoms with Crippen LogP contribution in [0.2, 0.25) is 0 Å². The van der Waals surface area contributed by atoms with E-state index in [1.54, 1.807) is 13.8 Å². The Hall–Kier alpha value is -0.780. The van der Waals surface area contributed by atoms with Gasteiger partial charge >= 0.3 is 12.1 Å². The number of halogens is 3. The lowest BCUT2D eigenvalue weighted by Crippen LogP contribution is -2.45. The monoisotopic (exact) mass is 199 g/mol. The van der Waals surface area contributed by atoms with Gasteiger partial charge in [0.05, 0.1) is 6.54 Å². The van der Waals surface area contributed by atoms with Gasteiger partial charge in [-0.3, -0.25) is 10.1 Å². The molecule has 0 saturated heterocycles. The largest absolute Gasteiger partial charge is 0.480 e. The third-order valence-electron chi connectivity index (χ3n) is 1.46. The lowest BCUT2D eigenvalue weighted by atomic mass is 10.1. The Balaban J connectivity index is 4.06. The van der Waals surface area contributed by atoms with Crippen molar-refractivity contribution in [1.29, 1.82) is 0 Å². The van der Waals surface area contributed by atoms with E-state index in [9.17, 15) is 18.0 Å². The molecule has 1 atom stereocenters. The molecule has 6 heteroatoms. The SMILES string of the molecule is CC(C)[C@H](NCC(F)(F)F)C(=O)O. The third-order valence-corrected chi connectivity index (χ3v) is 1.46. The smallest absolute Gasteiger partial charge is 0.401 e. The second-order valence-corrected chi connectivity index (χ2v) is 3.06. The van der Waals surface area contributed by atoms with Gasteiger partial charge in [0.25, 0.3) is 0 Å². The van der Waals surface area contributed by atoms with Crippen molar-refractivity contribution in [2.45, 2.75) is 26.1 Å². The quantitative estimate of drug-likeness (QED) is 0.716. The molecule has 0 aliphatic carbocycles. The van der Waals surface area contributed by atoms with Crippen molar-refractivity contribution in [3.8, 4) is 0 Å². The summed E-state index contributed by atoms with van der Waals surface area (Å²) in [4.78, 5) is 10.4. The average Bonchev–Trinajstić information content (AvgIpc) is 1.82. The van der Waals surface area contributed by atoms with E-state index in [2.05, 4.69) is 0 Å². The zero-order valence-corrected chi connectivity index (χ0v) is 7.35. The molecule has 0 spiro atoms. The highest BCUT2D eigenvalue weighted by molar-refractivity contribution is 5.73. The molecule has 2 N–H and O–H groups in total. The fourth-order valence-electron chi connectivity index (χ4n) is 0.834. The van der Waals surface area contributed by atoms with Crippen LogP contribution in [-0.4, -0.2) is 29.8 Å². The Morgan fingerprint density at radius 3 is 2.15 bits per heavy atom. The lowest BCUT2D eigenvalue weighted by Gasteiger charge is -2.18. The number of hydrogen-bond donors (Lipinski definition) is 2. The van der Waals surface area contributed by atoms with Crippen LogP contribution >= 0.6 is 0 Å². The molecule has 0 aromatic carbocycles. The van der Waals surface area contributed by atoms with Crippen molar-refractivity contribution in [2.24, 2.45) is 5.92 Å². The number of carboxylic acids is 1. The molecular formula is C7H12F3NO2. The molecule has 13 heavy (non-hydrogen) atoms. The van der Waals surface area contributed by atoms with Crippen molar-refractivity contribution in [1.82, 2.24) is 5.32 Å². The number of alkyl halides is 3. The molecule has 3 nitrogen and oxygen atoms in total. The second-order valence-electron chi connectivity index (χ2n) is 3.06. The molecule has 78 valence electrons. The summed E-state index contributed by atoms with van der Waals surface area (Å²) >= 11 is 0. The van der Waals surface area contributed by atoms with Gasteiger partial charge in [0.2, 0.25) is 0 Å². The Labute approximate surface area is 73.9 Å². The summed E-state index contributed by atoms with van der Waals surface area (Å²) in [5.74, 6) is -1.64. The van der Waals surface area contributed by atoms with Crippen molar-refractivity contribution >= 4 is 5.97 Å². The Bertz CT molecular complexity index is 179. The summed E-state index contributed by atoms with van der Waals surface area (Å²) in [5, 5.41) is 10.4. The summed E-state index contributed by atoms with van der Waals surface area (Å²) in [6.07, 6.45) is -4.37. The molecule has 0 bridgehead atoms. The van der Waals surface area contributed by atoms with Crippen LogP contribution in [0.1, 0.15) is 13.8 Å². The average molecular weight is 199 g/mol. The van der Waals surface area contributed by atoms with Crippen LogP contribution in [0, 0.1) is 5.92 Å². The number of carbonyl (C=O) groups is 1. The van der Waals surface area contributed by atoms with Crippen LogP contribution in [0.25, 0.3) is 0 Å². The van der Waals surface area contributed by atoms with E-state index in [-0.39, 0.29) is 5.92 Å². The molecule has 0 aromatic rings. The molecule has 0 aromatic heterocycles. The molecule has 0 aliphatic heterocycles.